The maximum Gasteiger partial charge on any atom is 0.295 e. The van der Waals surface area contributed by atoms with Gasteiger partial charge in [-0.15, -0.1) is 0 Å². The summed E-state index contributed by atoms with van der Waals surface area (Å²) in [6.07, 6.45) is 5.56. The van der Waals surface area contributed by atoms with Crippen LogP contribution < -0.4 is 9.47 Å². The molecule has 0 saturated carbocycles. The second kappa shape index (κ2) is 8.03. The van der Waals surface area contributed by atoms with E-state index in [0.29, 0.717) is 35.7 Å². The molecule has 3 aliphatic heterocycles. The molecule has 2 fully saturated rings. The molecule has 31 heavy (non-hydrogen) atoms. The van der Waals surface area contributed by atoms with Crippen molar-refractivity contribution in [3.8, 4) is 11.5 Å². The molecule has 2 aromatic rings. The summed E-state index contributed by atoms with van der Waals surface area (Å²) in [5.74, 6) is -0.452. The summed E-state index contributed by atoms with van der Waals surface area (Å²) < 4.78 is 10.7. The molecule has 8 nitrogen and oxygen atoms in total. The summed E-state index contributed by atoms with van der Waals surface area (Å²) in [6.45, 7) is 3.20. The number of aliphatic hydroxyl groups excluding tert-OH is 1. The zero-order chi connectivity index (χ0) is 21.4. The van der Waals surface area contributed by atoms with E-state index >= 15 is 0 Å². The number of carbonyl (C=O) groups excluding carboxylic acids is 2. The molecule has 1 atom stereocenters. The van der Waals surface area contributed by atoms with E-state index in [4.69, 9.17) is 9.47 Å². The zero-order valence-electron chi connectivity index (χ0n) is 17.0. The number of hydrogen-bond donors (Lipinski definition) is 1. The predicted octanol–water partition coefficient (Wildman–Crippen LogP) is 2.33. The number of amides is 1. The van der Waals surface area contributed by atoms with Crippen LogP contribution in [0.25, 0.3) is 5.76 Å². The molecule has 1 unspecified atom stereocenters. The number of rotatable bonds is 5. The summed E-state index contributed by atoms with van der Waals surface area (Å²) in [4.78, 5) is 34.0. The molecule has 5 rings (SSSR count). The van der Waals surface area contributed by atoms with Gasteiger partial charge in [0.2, 0.25) is 6.79 Å². The minimum Gasteiger partial charge on any atom is -0.507 e. The average molecular weight is 421 g/mol. The Labute approximate surface area is 179 Å². The van der Waals surface area contributed by atoms with Crippen molar-refractivity contribution in [2.45, 2.75) is 18.9 Å². The number of ketones is 1. The van der Waals surface area contributed by atoms with Gasteiger partial charge in [-0.3, -0.25) is 14.6 Å². The first-order valence-corrected chi connectivity index (χ1v) is 10.4. The molecule has 1 N–H and O–H groups in total. The van der Waals surface area contributed by atoms with Gasteiger partial charge in [0.05, 0.1) is 11.6 Å². The third-order valence-electron chi connectivity index (χ3n) is 6.04. The molecule has 160 valence electrons. The van der Waals surface area contributed by atoms with Gasteiger partial charge in [-0.05, 0) is 55.8 Å². The van der Waals surface area contributed by atoms with E-state index in [2.05, 4.69) is 9.88 Å². The van der Waals surface area contributed by atoms with Crippen molar-refractivity contribution in [3.63, 3.8) is 0 Å². The van der Waals surface area contributed by atoms with Crippen molar-refractivity contribution in [2.75, 3.05) is 33.0 Å². The predicted molar refractivity (Wildman–Crippen MR) is 111 cm³/mol. The smallest absolute Gasteiger partial charge is 0.295 e. The van der Waals surface area contributed by atoms with Crippen LogP contribution in [0.1, 0.15) is 30.0 Å². The van der Waals surface area contributed by atoms with Crippen LogP contribution in [0.3, 0.4) is 0 Å². The lowest BCUT2D eigenvalue weighted by molar-refractivity contribution is -0.140. The van der Waals surface area contributed by atoms with E-state index in [1.54, 1.807) is 41.6 Å². The van der Waals surface area contributed by atoms with Gasteiger partial charge < -0.3 is 24.4 Å². The Bertz CT molecular complexity index is 1050. The minimum atomic E-state index is -0.693. The SMILES string of the molecule is O=C1C(=O)N(CCN2CCCC2)C(c2cccnc2)/C1=C(\O)c1ccc2c(c1)OCO2. The number of Topliss-reactive ketones (excluding diaryl/α,β-unsaturated/α-hetero) is 1. The van der Waals surface area contributed by atoms with Crippen molar-refractivity contribution in [3.05, 3.63) is 59.4 Å². The van der Waals surface area contributed by atoms with Crippen molar-refractivity contribution < 1.29 is 24.2 Å². The first-order chi connectivity index (χ1) is 15.1. The minimum absolute atomic E-state index is 0.0679. The Kier molecular flexibility index (Phi) is 5.07. The molecule has 8 heteroatoms. The van der Waals surface area contributed by atoms with E-state index in [0.717, 1.165) is 25.9 Å². The van der Waals surface area contributed by atoms with E-state index in [9.17, 15) is 14.7 Å². The van der Waals surface area contributed by atoms with Crippen LogP contribution in [0.2, 0.25) is 0 Å². The highest BCUT2D eigenvalue weighted by Gasteiger charge is 2.46. The number of aromatic nitrogens is 1. The molecule has 1 amide bonds. The lowest BCUT2D eigenvalue weighted by Gasteiger charge is -2.27. The van der Waals surface area contributed by atoms with Crippen LogP contribution >= 0.6 is 0 Å². The fourth-order valence-corrected chi connectivity index (χ4v) is 4.45. The Morgan fingerprint density at radius 3 is 2.68 bits per heavy atom. The quantitative estimate of drug-likeness (QED) is 0.450. The monoisotopic (exact) mass is 421 g/mol. The molecule has 3 aliphatic rings. The number of carbonyl (C=O) groups is 2. The van der Waals surface area contributed by atoms with Gasteiger partial charge in [0.25, 0.3) is 11.7 Å². The van der Waals surface area contributed by atoms with Crippen LogP contribution in [0.5, 0.6) is 11.5 Å². The molecule has 0 spiro atoms. The Morgan fingerprint density at radius 1 is 1.10 bits per heavy atom. The second-order valence-corrected chi connectivity index (χ2v) is 7.90. The lowest BCUT2D eigenvalue weighted by Crippen LogP contribution is -2.37. The first-order valence-electron chi connectivity index (χ1n) is 10.4. The number of pyridine rings is 1. The van der Waals surface area contributed by atoms with Gasteiger partial charge in [-0.2, -0.15) is 0 Å². The van der Waals surface area contributed by atoms with Gasteiger partial charge in [-0.1, -0.05) is 6.07 Å². The Balaban J connectivity index is 1.54. The second-order valence-electron chi connectivity index (χ2n) is 7.90. The van der Waals surface area contributed by atoms with Crippen LogP contribution in [0.15, 0.2) is 48.3 Å². The first kappa shape index (κ1) is 19.6. The van der Waals surface area contributed by atoms with Gasteiger partial charge in [0, 0.05) is 31.0 Å². The van der Waals surface area contributed by atoms with Gasteiger partial charge in [0.1, 0.15) is 5.76 Å². The van der Waals surface area contributed by atoms with Crippen molar-refractivity contribution in [1.29, 1.82) is 0 Å². The number of fused-ring (bicyclic) bond motifs is 1. The zero-order valence-corrected chi connectivity index (χ0v) is 17.0. The topological polar surface area (TPSA) is 92.2 Å². The van der Waals surface area contributed by atoms with E-state index in [1.807, 2.05) is 6.07 Å². The maximum absolute atomic E-state index is 13.0. The standard InChI is InChI=1S/C23H23N3O5/c27-21(15-5-6-17-18(12-15)31-14-30-17)19-20(16-4-3-7-24-13-16)26(23(29)22(19)28)11-10-25-8-1-2-9-25/h3-7,12-13,20,27H,1-2,8-11,14H2/b21-19+. The normalized spacial score (nSPS) is 22.5. The van der Waals surface area contributed by atoms with E-state index in [-0.39, 0.29) is 18.1 Å². The van der Waals surface area contributed by atoms with Crippen molar-refractivity contribution >= 4 is 17.4 Å². The Morgan fingerprint density at radius 2 is 1.90 bits per heavy atom. The summed E-state index contributed by atoms with van der Waals surface area (Å²) in [5.41, 5.74) is 1.15. The van der Waals surface area contributed by atoms with Crippen molar-refractivity contribution in [2.24, 2.45) is 0 Å². The summed E-state index contributed by atoms with van der Waals surface area (Å²) in [7, 11) is 0. The molecule has 0 aliphatic carbocycles. The number of ether oxygens (including phenoxy) is 2. The molecular weight excluding hydrogens is 398 g/mol. The lowest BCUT2D eigenvalue weighted by atomic mass is 9.96. The molecule has 0 bridgehead atoms. The number of aliphatic hydroxyl groups is 1. The van der Waals surface area contributed by atoms with Crippen LogP contribution in [0, 0.1) is 0 Å². The van der Waals surface area contributed by atoms with E-state index < -0.39 is 17.7 Å². The molecule has 0 radical (unpaired) electrons. The summed E-state index contributed by atoms with van der Waals surface area (Å²) in [6, 6.07) is 7.84. The molecular formula is C23H23N3O5. The van der Waals surface area contributed by atoms with Crippen LogP contribution in [-0.2, 0) is 9.59 Å². The maximum atomic E-state index is 13.0. The fraction of sp³-hybridized carbons (Fsp3) is 0.348. The largest absolute Gasteiger partial charge is 0.507 e. The molecule has 1 aromatic heterocycles. The van der Waals surface area contributed by atoms with Crippen LogP contribution in [0.4, 0.5) is 0 Å². The average Bonchev–Trinajstić information content (AvgIpc) is 3.53. The van der Waals surface area contributed by atoms with Crippen LogP contribution in [-0.4, -0.2) is 64.6 Å². The summed E-state index contributed by atoms with van der Waals surface area (Å²) >= 11 is 0. The number of hydrogen-bond acceptors (Lipinski definition) is 7. The number of benzene rings is 1. The fourth-order valence-electron chi connectivity index (χ4n) is 4.45. The van der Waals surface area contributed by atoms with Gasteiger partial charge >= 0.3 is 0 Å². The van der Waals surface area contributed by atoms with E-state index in [1.165, 1.54) is 0 Å². The van der Waals surface area contributed by atoms with Crippen molar-refractivity contribution in [1.82, 2.24) is 14.8 Å². The third-order valence-corrected chi connectivity index (χ3v) is 6.04. The van der Waals surface area contributed by atoms with Gasteiger partial charge in [-0.25, -0.2) is 0 Å². The number of likely N-dealkylation sites (tertiary alicyclic amines) is 2. The third kappa shape index (κ3) is 3.53. The molecule has 2 saturated heterocycles. The highest BCUT2D eigenvalue weighted by molar-refractivity contribution is 6.46. The highest BCUT2D eigenvalue weighted by atomic mass is 16.7. The summed E-state index contributed by atoms with van der Waals surface area (Å²) in [5, 5.41) is 11.1. The van der Waals surface area contributed by atoms with Gasteiger partial charge in [0.15, 0.2) is 11.5 Å². The Hall–Kier alpha value is -3.39. The highest BCUT2D eigenvalue weighted by Crippen LogP contribution is 2.41. The molecule has 1 aromatic carbocycles. The molecule has 4 heterocycles. The number of nitrogens with zero attached hydrogens (tertiary/aromatic N) is 3.